The number of Topliss-reactive ketones (excluding diaryl/α,β-unsaturated/α-hetero) is 1. The largest absolute Gasteiger partial charge is 0.455 e. The summed E-state index contributed by atoms with van der Waals surface area (Å²) >= 11 is 0. The van der Waals surface area contributed by atoms with Crippen LogP contribution in [0.4, 0.5) is 5.69 Å². The smallest absolute Gasteiger partial charge is 0.310 e. The van der Waals surface area contributed by atoms with Crippen molar-refractivity contribution in [3.8, 4) is 0 Å². The molecule has 0 aliphatic heterocycles. The van der Waals surface area contributed by atoms with E-state index in [1.807, 2.05) is 6.07 Å². The van der Waals surface area contributed by atoms with E-state index in [1.54, 1.807) is 24.3 Å². The molecule has 0 saturated heterocycles. The molecule has 0 bridgehead atoms. The number of anilines is 1. The maximum Gasteiger partial charge on any atom is 0.310 e. The molecule has 0 saturated carbocycles. The molecule has 2 aromatic rings. The van der Waals surface area contributed by atoms with Crippen LogP contribution in [-0.4, -0.2) is 24.3 Å². The van der Waals surface area contributed by atoms with Gasteiger partial charge in [0.05, 0.1) is 12.1 Å². The highest BCUT2D eigenvalue weighted by Crippen LogP contribution is 2.22. The molecule has 0 spiro atoms. The number of amides is 1. The van der Waals surface area contributed by atoms with Gasteiger partial charge in [-0.3, -0.25) is 14.4 Å². The zero-order chi connectivity index (χ0) is 19.2. The maximum atomic E-state index is 12.1. The van der Waals surface area contributed by atoms with Crippen LogP contribution < -0.4 is 5.32 Å². The number of esters is 1. The molecule has 0 radical (unpaired) electrons. The van der Waals surface area contributed by atoms with Crippen molar-refractivity contribution in [2.45, 2.75) is 39.0 Å². The molecule has 2 aromatic carbocycles. The first kappa shape index (κ1) is 18.8. The highest BCUT2D eigenvalue weighted by atomic mass is 16.5. The lowest BCUT2D eigenvalue weighted by Crippen LogP contribution is -2.22. The first-order chi connectivity index (χ1) is 13.0. The molecule has 5 heteroatoms. The van der Waals surface area contributed by atoms with Crippen LogP contribution in [0.2, 0.25) is 0 Å². The van der Waals surface area contributed by atoms with Crippen molar-refractivity contribution in [3.05, 3.63) is 64.7 Å². The minimum absolute atomic E-state index is 0.143. The third-order valence-electron chi connectivity index (χ3n) is 4.71. The molecule has 0 atom stereocenters. The number of para-hydroxylation sites is 1. The fourth-order valence-electron chi connectivity index (χ4n) is 3.35. The molecule has 1 aliphatic rings. The van der Waals surface area contributed by atoms with E-state index in [0.29, 0.717) is 11.3 Å². The van der Waals surface area contributed by atoms with Gasteiger partial charge in [-0.15, -0.1) is 0 Å². The minimum Gasteiger partial charge on any atom is -0.455 e. The predicted octanol–water partition coefficient (Wildman–Crippen LogP) is 3.49. The first-order valence-corrected chi connectivity index (χ1v) is 9.19. The van der Waals surface area contributed by atoms with Crippen LogP contribution in [0.5, 0.6) is 0 Å². The number of hydrogen-bond acceptors (Lipinski definition) is 4. The number of carbonyl (C=O) groups excluding carboxylic acids is 3. The first-order valence-electron chi connectivity index (χ1n) is 9.19. The molecule has 0 unspecified atom stereocenters. The number of hydrogen-bond donors (Lipinski definition) is 1. The summed E-state index contributed by atoms with van der Waals surface area (Å²) in [4.78, 5) is 35.7. The number of fused-ring (bicyclic) bond motifs is 1. The van der Waals surface area contributed by atoms with E-state index in [2.05, 4.69) is 17.4 Å². The van der Waals surface area contributed by atoms with Crippen LogP contribution in [0.15, 0.2) is 42.5 Å². The summed E-state index contributed by atoms with van der Waals surface area (Å²) in [5.41, 5.74) is 4.42. The molecule has 5 nitrogen and oxygen atoms in total. The highest BCUT2D eigenvalue weighted by Gasteiger charge is 2.14. The van der Waals surface area contributed by atoms with E-state index in [9.17, 15) is 14.4 Å². The van der Waals surface area contributed by atoms with Crippen LogP contribution in [0.1, 0.15) is 46.8 Å². The molecular formula is C22H23NO4. The molecule has 0 aromatic heterocycles. The van der Waals surface area contributed by atoms with Gasteiger partial charge in [0.25, 0.3) is 5.91 Å². The fourth-order valence-corrected chi connectivity index (χ4v) is 3.35. The number of nitrogens with one attached hydrogen (secondary N) is 1. The van der Waals surface area contributed by atoms with Gasteiger partial charge in [0, 0.05) is 5.56 Å². The molecule has 1 amide bonds. The van der Waals surface area contributed by atoms with Crippen LogP contribution in [-0.2, 0) is 33.6 Å². The average molecular weight is 365 g/mol. The third-order valence-corrected chi connectivity index (χ3v) is 4.71. The van der Waals surface area contributed by atoms with Gasteiger partial charge in [0.15, 0.2) is 12.4 Å². The lowest BCUT2D eigenvalue weighted by atomic mass is 9.90. The van der Waals surface area contributed by atoms with Crippen molar-refractivity contribution in [2.75, 3.05) is 11.9 Å². The van der Waals surface area contributed by atoms with Gasteiger partial charge in [0.1, 0.15) is 0 Å². The second kappa shape index (κ2) is 8.62. The topological polar surface area (TPSA) is 72.5 Å². The molecule has 140 valence electrons. The maximum absolute atomic E-state index is 12.1. The average Bonchev–Trinajstić information content (AvgIpc) is 2.66. The Hall–Kier alpha value is -2.95. The molecular weight excluding hydrogens is 342 g/mol. The number of aryl methyl sites for hydroxylation is 2. The Labute approximate surface area is 158 Å². The van der Waals surface area contributed by atoms with Gasteiger partial charge in [-0.2, -0.15) is 0 Å². The zero-order valence-electron chi connectivity index (χ0n) is 15.4. The number of rotatable bonds is 6. The Morgan fingerprint density at radius 3 is 2.52 bits per heavy atom. The highest BCUT2D eigenvalue weighted by molar-refractivity contribution is 6.04. The fraction of sp³-hybridized carbons (Fsp3) is 0.318. The monoisotopic (exact) mass is 365 g/mol. The third kappa shape index (κ3) is 5.03. The summed E-state index contributed by atoms with van der Waals surface area (Å²) in [6, 6.07) is 12.8. The molecule has 3 rings (SSSR count). The van der Waals surface area contributed by atoms with E-state index in [1.165, 1.54) is 30.9 Å². The Morgan fingerprint density at radius 1 is 1.00 bits per heavy atom. The van der Waals surface area contributed by atoms with Crippen LogP contribution >= 0.6 is 0 Å². The van der Waals surface area contributed by atoms with E-state index in [0.717, 1.165) is 18.4 Å². The molecule has 1 N–H and O–H groups in total. The van der Waals surface area contributed by atoms with Gasteiger partial charge >= 0.3 is 5.97 Å². The van der Waals surface area contributed by atoms with Gasteiger partial charge in [0.2, 0.25) is 0 Å². The van der Waals surface area contributed by atoms with Gasteiger partial charge < -0.3 is 10.1 Å². The Morgan fingerprint density at radius 2 is 1.74 bits per heavy atom. The summed E-state index contributed by atoms with van der Waals surface area (Å²) in [6.07, 6.45) is 4.70. The van der Waals surface area contributed by atoms with Gasteiger partial charge in [-0.05, 0) is 61.4 Å². The van der Waals surface area contributed by atoms with Crippen molar-refractivity contribution in [1.82, 2.24) is 0 Å². The zero-order valence-corrected chi connectivity index (χ0v) is 15.4. The van der Waals surface area contributed by atoms with E-state index in [-0.39, 0.29) is 18.8 Å². The lowest BCUT2D eigenvalue weighted by Gasteiger charge is -2.16. The van der Waals surface area contributed by atoms with Crippen molar-refractivity contribution in [1.29, 1.82) is 0 Å². The van der Waals surface area contributed by atoms with Crippen LogP contribution in [0.25, 0.3) is 0 Å². The summed E-state index contributed by atoms with van der Waals surface area (Å²) < 4.78 is 5.09. The standard InChI is InChI=1S/C22H23NO4/c1-15(24)19-8-4-5-9-20(19)23-21(25)14-27-22(26)13-16-10-11-17-6-2-3-7-18(17)12-16/h4-5,8-12H,2-3,6-7,13-14H2,1H3,(H,23,25). The number of benzene rings is 2. The van der Waals surface area contributed by atoms with Crippen molar-refractivity contribution >= 4 is 23.3 Å². The number of ketones is 1. The Balaban J connectivity index is 1.52. The predicted molar refractivity (Wildman–Crippen MR) is 103 cm³/mol. The van der Waals surface area contributed by atoms with E-state index < -0.39 is 11.9 Å². The second-order valence-electron chi connectivity index (χ2n) is 6.80. The van der Waals surface area contributed by atoms with Crippen LogP contribution in [0.3, 0.4) is 0 Å². The van der Waals surface area contributed by atoms with Gasteiger partial charge in [-0.25, -0.2) is 0 Å². The quantitative estimate of drug-likeness (QED) is 0.628. The normalized spacial score (nSPS) is 12.8. The number of ether oxygens (including phenoxy) is 1. The van der Waals surface area contributed by atoms with Crippen molar-refractivity contribution in [3.63, 3.8) is 0 Å². The molecule has 1 aliphatic carbocycles. The SMILES string of the molecule is CC(=O)c1ccccc1NC(=O)COC(=O)Cc1ccc2c(c1)CCCC2. The second-order valence-corrected chi connectivity index (χ2v) is 6.80. The summed E-state index contributed by atoms with van der Waals surface area (Å²) in [7, 11) is 0. The Kier molecular flexibility index (Phi) is 6.01. The molecule has 0 heterocycles. The van der Waals surface area contributed by atoms with E-state index in [4.69, 9.17) is 4.74 Å². The van der Waals surface area contributed by atoms with E-state index >= 15 is 0 Å². The summed E-state index contributed by atoms with van der Waals surface area (Å²) in [5, 5.41) is 2.62. The summed E-state index contributed by atoms with van der Waals surface area (Å²) in [5.74, 6) is -1.06. The Bertz CT molecular complexity index is 872. The van der Waals surface area contributed by atoms with Crippen molar-refractivity contribution in [2.24, 2.45) is 0 Å². The number of carbonyl (C=O) groups is 3. The summed E-state index contributed by atoms with van der Waals surface area (Å²) in [6.45, 7) is 1.06. The van der Waals surface area contributed by atoms with Gasteiger partial charge in [-0.1, -0.05) is 30.3 Å². The molecule has 27 heavy (non-hydrogen) atoms. The van der Waals surface area contributed by atoms with Crippen LogP contribution in [0, 0.1) is 0 Å². The minimum atomic E-state index is -0.470. The molecule has 0 fully saturated rings. The van der Waals surface area contributed by atoms with Crippen molar-refractivity contribution < 1.29 is 19.1 Å². The lowest BCUT2D eigenvalue weighted by molar-refractivity contribution is -0.146.